The van der Waals surface area contributed by atoms with E-state index < -0.39 is 11.7 Å². The van der Waals surface area contributed by atoms with Crippen molar-refractivity contribution >= 4 is 23.2 Å². The molecule has 0 bridgehead atoms. The van der Waals surface area contributed by atoms with Crippen LogP contribution in [0.5, 0.6) is 5.75 Å². The second-order valence-corrected chi connectivity index (χ2v) is 8.42. The van der Waals surface area contributed by atoms with Gasteiger partial charge in [-0.1, -0.05) is 17.7 Å². The van der Waals surface area contributed by atoms with E-state index in [-0.39, 0.29) is 17.4 Å². The number of amides is 1. The van der Waals surface area contributed by atoms with Crippen LogP contribution in [0.25, 0.3) is 0 Å². The first-order valence-corrected chi connectivity index (χ1v) is 10.2. The maximum absolute atomic E-state index is 13.0. The Hall–Kier alpha value is -2.25. The number of fused-ring (bicyclic) bond motifs is 2. The van der Waals surface area contributed by atoms with Gasteiger partial charge < -0.3 is 10.1 Å². The molecule has 2 aliphatic rings. The minimum Gasteiger partial charge on any atom is -0.492 e. The number of nitrogens with zero attached hydrogens (tertiary/aromatic N) is 1. The lowest BCUT2D eigenvalue weighted by atomic mass is 9.74. The van der Waals surface area contributed by atoms with Crippen LogP contribution >= 0.6 is 11.6 Å². The molecule has 1 amide bonds. The van der Waals surface area contributed by atoms with Gasteiger partial charge in [-0.25, -0.2) is 0 Å². The molecule has 1 atom stereocenters. The molecule has 1 unspecified atom stereocenters. The van der Waals surface area contributed by atoms with Gasteiger partial charge in [-0.2, -0.15) is 13.2 Å². The fraction of sp³-hybridized carbons (Fsp3) is 0.409. The summed E-state index contributed by atoms with van der Waals surface area (Å²) in [6.45, 7) is 3.57. The molecule has 0 saturated carbocycles. The number of likely N-dealkylation sites (tertiary alicyclic amines) is 1. The molecule has 1 spiro atoms. The van der Waals surface area contributed by atoms with Crippen molar-refractivity contribution in [1.82, 2.24) is 4.90 Å². The Morgan fingerprint density at radius 3 is 2.47 bits per heavy atom. The lowest BCUT2D eigenvalue weighted by molar-refractivity contribution is -0.137. The summed E-state index contributed by atoms with van der Waals surface area (Å²) in [4.78, 5) is 14.7. The highest BCUT2D eigenvalue weighted by molar-refractivity contribution is 6.30. The first-order valence-electron chi connectivity index (χ1n) is 9.83. The summed E-state index contributed by atoms with van der Waals surface area (Å²) >= 11 is 5.87. The summed E-state index contributed by atoms with van der Waals surface area (Å²) in [7, 11) is 0. The Balaban J connectivity index is 1.41. The maximum atomic E-state index is 13.0. The Labute approximate surface area is 178 Å². The van der Waals surface area contributed by atoms with Crippen molar-refractivity contribution < 1.29 is 22.7 Å². The van der Waals surface area contributed by atoms with E-state index in [2.05, 4.69) is 10.2 Å². The maximum Gasteiger partial charge on any atom is 0.416 e. The molecule has 0 aliphatic carbocycles. The van der Waals surface area contributed by atoms with Crippen LogP contribution in [0.3, 0.4) is 0 Å². The average molecular weight is 439 g/mol. The molecule has 30 heavy (non-hydrogen) atoms. The Kier molecular flexibility index (Phi) is 5.45. The molecule has 2 aliphatic heterocycles. The van der Waals surface area contributed by atoms with Gasteiger partial charge in [-0.05, 0) is 69.3 Å². The molecule has 2 aromatic carbocycles. The van der Waals surface area contributed by atoms with Crippen LogP contribution in [-0.4, -0.2) is 36.5 Å². The van der Waals surface area contributed by atoms with Gasteiger partial charge in [0.2, 0.25) is 5.91 Å². The molecule has 0 aromatic heterocycles. The number of rotatable bonds is 3. The van der Waals surface area contributed by atoms with Crippen LogP contribution in [-0.2, 0) is 16.4 Å². The molecular weight excluding hydrogens is 417 g/mol. The summed E-state index contributed by atoms with van der Waals surface area (Å²) in [5.41, 5.74) is 0.544. The van der Waals surface area contributed by atoms with Gasteiger partial charge in [-0.3, -0.25) is 9.69 Å². The topological polar surface area (TPSA) is 41.6 Å². The predicted molar refractivity (Wildman–Crippen MR) is 109 cm³/mol. The van der Waals surface area contributed by atoms with Crippen molar-refractivity contribution in [1.29, 1.82) is 0 Å². The van der Waals surface area contributed by atoms with E-state index >= 15 is 0 Å². The molecule has 0 radical (unpaired) electrons. The van der Waals surface area contributed by atoms with Gasteiger partial charge in [0, 0.05) is 21.7 Å². The Bertz CT molecular complexity index is 938. The van der Waals surface area contributed by atoms with E-state index in [0.717, 1.165) is 30.5 Å². The average Bonchev–Trinajstić information content (AvgIpc) is 3.07. The largest absolute Gasteiger partial charge is 0.492 e. The highest BCUT2D eigenvalue weighted by atomic mass is 35.5. The normalized spacial score (nSPS) is 19.2. The zero-order chi connectivity index (χ0) is 21.5. The zero-order valence-corrected chi connectivity index (χ0v) is 17.2. The number of alkyl halides is 3. The Morgan fingerprint density at radius 1 is 1.17 bits per heavy atom. The van der Waals surface area contributed by atoms with E-state index in [4.69, 9.17) is 16.3 Å². The van der Waals surface area contributed by atoms with Gasteiger partial charge in [0.25, 0.3) is 0 Å². The molecule has 2 heterocycles. The van der Waals surface area contributed by atoms with Crippen molar-refractivity contribution in [3.63, 3.8) is 0 Å². The minimum atomic E-state index is -4.38. The first-order chi connectivity index (χ1) is 14.2. The van der Waals surface area contributed by atoms with E-state index in [1.165, 1.54) is 0 Å². The van der Waals surface area contributed by atoms with Crippen LogP contribution in [0.2, 0.25) is 5.02 Å². The van der Waals surface area contributed by atoms with Crippen molar-refractivity contribution in [2.75, 3.05) is 25.0 Å². The molecule has 1 fully saturated rings. The number of nitrogens with one attached hydrogen (secondary N) is 1. The fourth-order valence-corrected chi connectivity index (χ4v) is 4.37. The van der Waals surface area contributed by atoms with Crippen LogP contribution in [0, 0.1) is 0 Å². The number of piperidine rings is 1. The highest BCUT2D eigenvalue weighted by Gasteiger charge is 2.45. The predicted octanol–water partition coefficient (Wildman–Crippen LogP) is 5.11. The SMILES string of the molecule is CC(C(=O)Nc1ccc(Cl)cc1)N1CCC2(CC1)COc1cc(C(F)(F)F)ccc12. The number of carbonyl (C=O) groups excluding carboxylic acids is 1. The number of ether oxygens (including phenoxy) is 1. The zero-order valence-electron chi connectivity index (χ0n) is 16.4. The fourth-order valence-electron chi connectivity index (χ4n) is 4.25. The number of halogens is 4. The molecule has 1 N–H and O–H groups in total. The van der Waals surface area contributed by atoms with Gasteiger partial charge in [0.1, 0.15) is 5.75 Å². The monoisotopic (exact) mass is 438 g/mol. The molecule has 4 rings (SSSR count). The molecule has 2 aromatic rings. The lowest BCUT2D eigenvalue weighted by Gasteiger charge is -2.40. The third-order valence-corrected chi connectivity index (χ3v) is 6.43. The van der Waals surface area contributed by atoms with Gasteiger partial charge >= 0.3 is 6.18 Å². The first kappa shape index (κ1) is 21.0. The molecule has 160 valence electrons. The highest BCUT2D eigenvalue weighted by Crippen LogP contribution is 2.47. The van der Waals surface area contributed by atoms with Crippen LogP contribution in [0.1, 0.15) is 30.9 Å². The molecule has 8 heteroatoms. The number of carbonyl (C=O) groups is 1. The van der Waals surface area contributed by atoms with Crippen LogP contribution in [0.4, 0.5) is 18.9 Å². The summed E-state index contributed by atoms with van der Waals surface area (Å²) in [5, 5.41) is 3.49. The van der Waals surface area contributed by atoms with E-state index in [9.17, 15) is 18.0 Å². The molecule has 1 saturated heterocycles. The van der Waals surface area contributed by atoms with E-state index in [0.29, 0.717) is 36.2 Å². The third kappa shape index (κ3) is 4.01. The van der Waals surface area contributed by atoms with Crippen molar-refractivity contribution in [2.24, 2.45) is 0 Å². The van der Waals surface area contributed by atoms with Gasteiger partial charge in [0.15, 0.2) is 0 Å². The quantitative estimate of drug-likeness (QED) is 0.723. The Morgan fingerprint density at radius 2 is 1.83 bits per heavy atom. The number of anilines is 1. The number of benzene rings is 2. The van der Waals surface area contributed by atoms with Crippen LogP contribution < -0.4 is 10.1 Å². The summed E-state index contributed by atoms with van der Waals surface area (Å²) in [6, 6.07) is 10.4. The van der Waals surface area contributed by atoms with Crippen molar-refractivity contribution in [3.05, 3.63) is 58.6 Å². The second-order valence-electron chi connectivity index (χ2n) is 7.99. The van der Waals surface area contributed by atoms with Crippen molar-refractivity contribution in [3.8, 4) is 5.75 Å². The summed E-state index contributed by atoms with van der Waals surface area (Å²) in [5.74, 6) is 0.220. The van der Waals surface area contributed by atoms with E-state index in [1.54, 1.807) is 30.3 Å². The van der Waals surface area contributed by atoms with E-state index in [1.807, 2.05) is 6.92 Å². The number of hydrogen-bond donors (Lipinski definition) is 1. The van der Waals surface area contributed by atoms with Crippen molar-refractivity contribution in [2.45, 2.75) is 37.4 Å². The molecular formula is C22H22ClF3N2O2. The second kappa shape index (κ2) is 7.78. The smallest absolute Gasteiger partial charge is 0.416 e. The standard InChI is InChI=1S/C22H22ClF3N2O2/c1-14(20(29)27-17-5-3-16(23)4-6-17)28-10-8-21(9-11-28)13-30-19-12-15(22(24,25)26)2-7-18(19)21/h2-7,12,14H,8-11,13H2,1H3,(H,27,29). The number of hydrogen-bond acceptors (Lipinski definition) is 3. The van der Waals surface area contributed by atoms with Gasteiger partial charge in [-0.15, -0.1) is 0 Å². The molecule has 4 nitrogen and oxygen atoms in total. The summed E-state index contributed by atoms with van der Waals surface area (Å²) in [6.07, 6.45) is -2.93. The van der Waals surface area contributed by atoms with Crippen LogP contribution in [0.15, 0.2) is 42.5 Å². The summed E-state index contributed by atoms with van der Waals surface area (Å²) < 4.78 is 44.6. The third-order valence-electron chi connectivity index (χ3n) is 6.18. The van der Waals surface area contributed by atoms with Gasteiger partial charge in [0.05, 0.1) is 18.2 Å². The lowest BCUT2D eigenvalue weighted by Crippen LogP contribution is -2.50. The minimum absolute atomic E-state index is 0.105.